The number of benzene rings is 1. The van der Waals surface area contributed by atoms with Crippen LogP contribution in [0.5, 0.6) is 0 Å². The van der Waals surface area contributed by atoms with E-state index in [2.05, 4.69) is 15.6 Å². The summed E-state index contributed by atoms with van der Waals surface area (Å²) >= 11 is 0. The molecule has 18 nitrogen and oxygen atoms in total. The Morgan fingerprint density at radius 1 is 0.820 bits per heavy atom. The molecule has 2 saturated heterocycles. The first-order valence-electron chi connectivity index (χ1n) is 21.3. The third-order valence-corrected chi connectivity index (χ3v) is 10.8. The van der Waals surface area contributed by atoms with Gasteiger partial charge in [0.05, 0.1) is 30.6 Å². The van der Waals surface area contributed by atoms with E-state index in [1.165, 1.54) is 20.0 Å². The van der Waals surface area contributed by atoms with Crippen LogP contribution in [0.25, 0.3) is 0 Å². The monoisotopic (exact) mass is 858 g/mol. The van der Waals surface area contributed by atoms with Crippen molar-refractivity contribution in [3.05, 3.63) is 68.5 Å². The van der Waals surface area contributed by atoms with Gasteiger partial charge < -0.3 is 44.2 Å². The zero-order valence-electron chi connectivity index (χ0n) is 35.8. The van der Waals surface area contributed by atoms with Crippen molar-refractivity contribution in [2.45, 2.75) is 154 Å². The SMILES string of the molecule is CC[C@H]1O[C@@H](n2cc(C)c(=O)[nH]c2=O)[C@@H](OC(=O)CCC(=O)O)C1OCCCCCCNC(=O)CCCCO[C@@H]1O[C@H](CC)[C@H](C)[C@H](OC(=O)c2ccccc2)[C@H]1NC(C)=O. The van der Waals surface area contributed by atoms with Crippen molar-refractivity contribution in [1.82, 2.24) is 20.2 Å². The van der Waals surface area contributed by atoms with E-state index in [0.717, 1.165) is 23.8 Å². The molecular weight excluding hydrogens is 796 g/mol. The van der Waals surface area contributed by atoms with E-state index in [9.17, 15) is 33.6 Å². The molecule has 0 radical (unpaired) electrons. The van der Waals surface area contributed by atoms with E-state index in [1.54, 1.807) is 24.3 Å². The molecule has 1 unspecified atom stereocenters. The van der Waals surface area contributed by atoms with Crippen LogP contribution in [-0.2, 0) is 47.6 Å². The van der Waals surface area contributed by atoms with Crippen LogP contribution in [-0.4, -0.2) is 107 Å². The fourth-order valence-corrected chi connectivity index (χ4v) is 7.50. The molecule has 0 spiro atoms. The lowest BCUT2D eigenvalue weighted by molar-refractivity contribution is -0.249. The first-order valence-corrected chi connectivity index (χ1v) is 21.3. The number of carboxylic acids is 1. The maximum absolute atomic E-state index is 13.0. The number of ether oxygens (including phenoxy) is 6. The Bertz CT molecular complexity index is 1870. The summed E-state index contributed by atoms with van der Waals surface area (Å²) in [6.45, 7) is 9.74. The molecule has 2 amide bonds. The average Bonchev–Trinajstić information content (AvgIpc) is 3.57. The highest BCUT2D eigenvalue weighted by Gasteiger charge is 2.49. The van der Waals surface area contributed by atoms with Crippen LogP contribution >= 0.6 is 0 Å². The molecule has 4 rings (SSSR count). The minimum atomic E-state index is -1.16. The van der Waals surface area contributed by atoms with Gasteiger partial charge in [0.15, 0.2) is 18.6 Å². The number of amides is 2. The second-order valence-corrected chi connectivity index (χ2v) is 15.5. The van der Waals surface area contributed by atoms with E-state index in [4.69, 9.17) is 33.5 Å². The number of nitrogens with one attached hydrogen (secondary N) is 3. The molecule has 4 N–H and O–H groups in total. The zero-order chi connectivity index (χ0) is 44.5. The highest BCUT2D eigenvalue weighted by Crippen LogP contribution is 2.35. The van der Waals surface area contributed by atoms with Gasteiger partial charge in [0.1, 0.15) is 18.2 Å². The van der Waals surface area contributed by atoms with Gasteiger partial charge in [-0.1, -0.05) is 51.8 Å². The van der Waals surface area contributed by atoms with Crippen molar-refractivity contribution in [2.24, 2.45) is 5.92 Å². The molecule has 0 saturated carbocycles. The number of aromatic amines is 1. The summed E-state index contributed by atoms with van der Waals surface area (Å²) in [5.74, 6) is -3.03. The number of H-pyrrole nitrogens is 1. The molecule has 338 valence electrons. The number of unbranched alkanes of at least 4 members (excludes halogenated alkanes) is 4. The first-order chi connectivity index (χ1) is 29.2. The molecule has 9 atom stereocenters. The zero-order valence-corrected chi connectivity index (χ0v) is 35.8. The van der Waals surface area contributed by atoms with Crippen LogP contribution in [0, 0.1) is 12.8 Å². The molecule has 61 heavy (non-hydrogen) atoms. The molecule has 2 aliphatic rings. The van der Waals surface area contributed by atoms with E-state index >= 15 is 0 Å². The lowest BCUT2D eigenvalue weighted by Gasteiger charge is -2.45. The van der Waals surface area contributed by atoms with Gasteiger partial charge in [0.25, 0.3) is 5.56 Å². The number of rotatable bonds is 24. The average molecular weight is 859 g/mol. The number of carboxylic acid groups (broad SMARTS) is 1. The summed E-state index contributed by atoms with van der Waals surface area (Å²) in [6, 6.07) is 7.94. The van der Waals surface area contributed by atoms with Crippen LogP contribution in [0.2, 0.25) is 0 Å². The predicted molar refractivity (Wildman–Crippen MR) is 219 cm³/mol. The summed E-state index contributed by atoms with van der Waals surface area (Å²) in [5, 5.41) is 14.8. The van der Waals surface area contributed by atoms with Crippen molar-refractivity contribution >= 4 is 29.7 Å². The smallest absolute Gasteiger partial charge is 0.338 e. The summed E-state index contributed by atoms with van der Waals surface area (Å²) in [5.41, 5.74) is -0.641. The lowest BCUT2D eigenvalue weighted by atomic mass is 9.87. The largest absolute Gasteiger partial charge is 0.481 e. The number of aromatic nitrogens is 2. The van der Waals surface area contributed by atoms with Gasteiger partial charge in [-0.25, -0.2) is 9.59 Å². The van der Waals surface area contributed by atoms with Crippen molar-refractivity contribution < 1.29 is 57.5 Å². The Hall–Kier alpha value is -4.91. The normalized spacial score (nSPS) is 24.8. The van der Waals surface area contributed by atoms with Gasteiger partial charge >= 0.3 is 23.6 Å². The molecule has 18 heteroatoms. The van der Waals surface area contributed by atoms with Gasteiger partial charge in [0, 0.05) is 50.8 Å². The molecular formula is C43H62N4O14. The number of hydrogen-bond acceptors (Lipinski definition) is 13. The van der Waals surface area contributed by atoms with E-state index in [-0.39, 0.29) is 42.4 Å². The van der Waals surface area contributed by atoms with Crippen molar-refractivity contribution in [1.29, 1.82) is 0 Å². The highest BCUT2D eigenvalue weighted by molar-refractivity contribution is 5.89. The van der Waals surface area contributed by atoms with Crippen LogP contribution < -0.4 is 21.9 Å². The molecule has 2 fully saturated rings. The van der Waals surface area contributed by atoms with E-state index in [0.29, 0.717) is 57.2 Å². The summed E-state index contributed by atoms with van der Waals surface area (Å²) in [4.78, 5) is 88.4. The lowest BCUT2D eigenvalue weighted by Crippen LogP contribution is -2.62. The summed E-state index contributed by atoms with van der Waals surface area (Å²) < 4.78 is 37.4. The van der Waals surface area contributed by atoms with Crippen LogP contribution in [0.3, 0.4) is 0 Å². The Labute approximate surface area is 355 Å². The minimum absolute atomic E-state index is 0.0803. The summed E-state index contributed by atoms with van der Waals surface area (Å²) in [6.07, 6.45) is 0.828. The van der Waals surface area contributed by atoms with Crippen LogP contribution in [0.1, 0.15) is 120 Å². The van der Waals surface area contributed by atoms with Crippen molar-refractivity contribution in [3.8, 4) is 0 Å². The standard InChI is InChI=1S/C43H62N4O14/c1-6-30-27(4)36(61-41(54)29-17-11-10-12-18-29)35(45-28(5)48)42(59-30)57-24-16-13-19-32(49)44-22-14-8-9-15-23-56-37-31(7-2)58-40(38(37)60-34(52)21-20-33(50)51)47-25-26(3)39(53)46-43(47)55/h10-12,17-18,25,27,30-31,35-38,40,42H,6-9,13-16,19-24H2,1-5H3,(H,44,49)(H,45,48)(H,50,51)(H,46,53,55)/t27-,30+,31+,35+,36-,37?,38-,40+,42+/m0/s1. The third-order valence-electron chi connectivity index (χ3n) is 10.8. The van der Waals surface area contributed by atoms with Crippen molar-refractivity contribution in [2.75, 3.05) is 19.8 Å². The molecule has 0 bridgehead atoms. The van der Waals surface area contributed by atoms with E-state index < -0.39 is 78.6 Å². The van der Waals surface area contributed by atoms with Gasteiger partial charge in [-0.15, -0.1) is 0 Å². The minimum Gasteiger partial charge on any atom is -0.481 e. The van der Waals surface area contributed by atoms with Crippen LogP contribution in [0.4, 0.5) is 0 Å². The third kappa shape index (κ3) is 14.6. The Morgan fingerprint density at radius 3 is 2.20 bits per heavy atom. The Morgan fingerprint density at radius 2 is 1.51 bits per heavy atom. The maximum Gasteiger partial charge on any atom is 0.338 e. The Balaban J connectivity index is 1.17. The molecule has 1 aromatic heterocycles. The quantitative estimate of drug-likeness (QED) is 0.0871. The maximum atomic E-state index is 13.0. The van der Waals surface area contributed by atoms with Gasteiger partial charge in [-0.2, -0.15) is 0 Å². The number of carbonyl (C=O) groups is 5. The molecule has 1 aromatic carbocycles. The predicted octanol–water partition coefficient (Wildman–Crippen LogP) is 3.68. The van der Waals surface area contributed by atoms with Gasteiger partial charge in [0.2, 0.25) is 11.8 Å². The second-order valence-electron chi connectivity index (χ2n) is 15.5. The molecule has 2 aromatic rings. The second kappa shape index (κ2) is 24.5. The highest BCUT2D eigenvalue weighted by atomic mass is 16.7. The Kier molecular flexibility index (Phi) is 19.6. The number of carbonyl (C=O) groups excluding carboxylic acids is 4. The first kappa shape index (κ1) is 48.8. The number of esters is 2. The fraction of sp³-hybridized carbons (Fsp3) is 0.651. The fourth-order valence-electron chi connectivity index (χ4n) is 7.50. The number of aliphatic carboxylic acids is 1. The number of hydrogen-bond donors (Lipinski definition) is 4. The van der Waals surface area contributed by atoms with E-state index in [1.807, 2.05) is 26.8 Å². The van der Waals surface area contributed by atoms with Crippen molar-refractivity contribution in [3.63, 3.8) is 0 Å². The molecule has 2 aliphatic heterocycles. The van der Waals surface area contributed by atoms with Gasteiger partial charge in [-0.05, 0) is 57.6 Å². The summed E-state index contributed by atoms with van der Waals surface area (Å²) in [7, 11) is 0. The number of nitrogens with zero attached hydrogens (tertiary/aromatic N) is 1. The number of aryl methyl sites for hydroxylation is 1. The topological polar surface area (TPSA) is 240 Å². The molecule has 0 aliphatic carbocycles. The van der Waals surface area contributed by atoms with Crippen LogP contribution in [0.15, 0.2) is 46.1 Å². The molecule has 3 heterocycles. The van der Waals surface area contributed by atoms with Gasteiger partial charge in [-0.3, -0.25) is 33.5 Å².